The molecule has 0 amide bonds. The van der Waals surface area contributed by atoms with Crippen LogP contribution in [0.15, 0.2) is 42.7 Å². The second kappa shape index (κ2) is 18.9. The van der Waals surface area contributed by atoms with Crippen LogP contribution < -0.4 is 0 Å². The summed E-state index contributed by atoms with van der Waals surface area (Å²) in [5, 5.41) is 0. The van der Waals surface area contributed by atoms with Crippen molar-refractivity contribution in [2.24, 2.45) is 0 Å². The van der Waals surface area contributed by atoms with Gasteiger partial charge in [-0.25, -0.2) is 0 Å². The van der Waals surface area contributed by atoms with Crippen molar-refractivity contribution in [3.63, 3.8) is 0 Å². The Bertz CT molecular complexity index is 582. The SMILES string of the molecule is CCCCCCCCCCCCCC1N(CCCCCCCC)C=CN1Cc1ccccc1. The molecule has 1 heterocycles. The van der Waals surface area contributed by atoms with Gasteiger partial charge in [0.1, 0.15) is 6.17 Å². The van der Waals surface area contributed by atoms with Crippen LogP contribution >= 0.6 is 0 Å². The van der Waals surface area contributed by atoms with Crippen molar-refractivity contribution in [1.29, 1.82) is 0 Å². The molecule has 0 saturated heterocycles. The molecule has 0 aliphatic carbocycles. The van der Waals surface area contributed by atoms with E-state index in [0.717, 1.165) is 6.54 Å². The van der Waals surface area contributed by atoms with Crippen molar-refractivity contribution < 1.29 is 0 Å². The van der Waals surface area contributed by atoms with Crippen LogP contribution in [0.1, 0.15) is 135 Å². The lowest BCUT2D eigenvalue weighted by molar-refractivity contribution is 0.132. The molecule has 0 spiro atoms. The van der Waals surface area contributed by atoms with E-state index in [-0.39, 0.29) is 0 Å². The monoisotopic (exact) mass is 454 g/mol. The smallest absolute Gasteiger partial charge is 0.101 e. The Labute approximate surface area is 206 Å². The zero-order valence-electron chi connectivity index (χ0n) is 22.2. The number of hydrogen-bond donors (Lipinski definition) is 0. The topological polar surface area (TPSA) is 6.48 Å². The minimum absolute atomic E-state index is 0.555. The molecule has 2 nitrogen and oxygen atoms in total. The molecule has 1 aliphatic heterocycles. The number of nitrogens with zero attached hydrogens (tertiary/aromatic N) is 2. The van der Waals surface area contributed by atoms with E-state index in [9.17, 15) is 0 Å². The van der Waals surface area contributed by atoms with Crippen LogP contribution in [0.25, 0.3) is 0 Å². The Morgan fingerprint density at radius 3 is 1.61 bits per heavy atom. The standard InChI is InChI=1S/C31H54N2/c1-3-5-7-9-11-12-13-14-15-16-21-25-31-32(26-22-17-10-8-6-4-2)27-28-33(31)29-30-23-19-18-20-24-30/h18-20,23-24,27-28,31H,3-17,21-22,25-26,29H2,1-2H3. The minimum atomic E-state index is 0.555. The highest BCUT2D eigenvalue weighted by Gasteiger charge is 2.25. The van der Waals surface area contributed by atoms with Gasteiger partial charge in [-0.3, -0.25) is 0 Å². The lowest BCUT2D eigenvalue weighted by Gasteiger charge is -2.33. The molecule has 0 saturated carbocycles. The molecule has 0 N–H and O–H groups in total. The highest BCUT2D eigenvalue weighted by atomic mass is 15.4. The lowest BCUT2D eigenvalue weighted by Crippen LogP contribution is -2.38. The van der Waals surface area contributed by atoms with Gasteiger partial charge in [0.2, 0.25) is 0 Å². The van der Waals surface area contributed by atoms with Crippen LogP contribution in [0.3, 0.4) is 0 Å². The van der Waals surface area contributed by atoms with E-state index < -0.39 is 0 Å². The summed E-state index contributed by atoms with van der Waals surface area (Å²) in [5.41, 5.74) is 1.42. The maximum atomic E-state index is 2.64. The fourth-order valence-electron chi connectivity index (χ4n) is 5.13. The Morgan fingerprint density at radius 1 is 0.545 bits per heavy atom. The normalized spacial score (nSPS) is 15.6. The summed E-state index contributed by atoms with van der Waals surface area (Å²) in [7, 11) is 0. The Balaban J connectivity index is 1.66. The summed E-state index contributed by atoms with van der Waals surface area (Å²) in [4.78, 5) is 5.22. The second-order valence-corrected chi connectivity index (χ2v) is 10.3. The molecule has 0 bridgehead atoms. The van der Waals surface area contributed by atoms with Crippen molar-refractivity contribution in [1.82, 2.24) is 9.80 Å². The van der Waals surface area contributed by atoms with Gasteiger partial charge in [-0.15, -0.1) is 0 Å². The van der Waals surface area contributed by atoms with Crippen molar-refractivity contribution >= 4 is 0 Å². The van der Waals surface area contributed by atoms with Gasteiger partial charge in [0, 0.05) is 25.5 Å². The molecular formula is C31H54N2. The maximum Gasteiger partial charge on any atom is 0.101 e. The van der Waals surface area contributed by atoms with E-state index in [1.165, 1.54) is 128 Å². The third-order valence-corrected chi connectivity index (χ3v) is 7.26. The summed E-state index contributed by atoms with van der Waals surface area (Å²) >= 11 is 0. The summed E-state index contributed by atoms with van der Waals surface area (Å²) < 4.78 is 0. The molecule has 1 aliphatic rings. The molecule has 1 aromatic carbocycles. The zero-order chi connectivity index (χ0) is 23.4. The molecule has 188 valence electrons. The molecule has 2 rings (SSSR count). The number of rotatable bonds is 21. The van der Waals surface area contributed by atoms with E-state index in [1.807, 2.05) is 0 Å². The van der Waals surface area contributed by atoms with Crippen LogP contribution in [0, 0.1) is 0 Å². The van der Waals surface area contributed by atoms with E-state index in [1.54, 1.807) is 0 Å². The largest absolute Gasteiger partial charge is 0.356 e. The lowest BCUT2D eigenvalue weighted by atomic mass is 10.0. The van der Waals surface area contributed by atoms with Gasteiger partial charge in [-0.1, -0.05) is 140 Å². The van der Waals surface area contributed by atoms with E-state index in [0.29, 0.717) is 6.17 Å². The van der Waals surface area contributed by atoms with Crippen molar-refractivity contribution in [3.05, 3.63) is 48.3 Å². The Kier molecular flexibility index (Phi) is 15.9. The first kappa shape index (κ1) is 27.8. The second-order valence-electron chi connectivity index (χ2n) is 10.3. The zero-order valence-corrected chi connectivity index (χ0v) is 22.2. The van der Waals surface area contributed by atoms with Crippen molar-refractivity contribution in [2.45, 2.75) is 142 Å². The van der Waals surface area contributed by atoms with Gasteiger partial charge >= 0.3 is 0 Å². The molecular weight excluding hydrogens is 400 g/mol. The van der Waals surface area contributed by atoms with Crippen LogP contribution in [-0.4, -0.2) is 22.5 Å². The summed E-state index contributed by atoms with van der Waals surface area (Å²) in [5.74, 6) is 0. The summed E-state index contributed by atoms with van der Waals surface area (Å²) in [6.07, 6.45) is 30.5. The Morgan fingerprint density at radius 2 is 1.03 bits per heavy atom. The molecule has 2 heteroatoms. The van der Waals surface area contributed by atoms with E-state index in [4.69, 9.17) is 0 Å². The van der Waals surface area contributed by atoms with Gasteiger partial charge in [0.05, 0.1) is 0 Å². The van der Waals surface area contributed by atoms with Gasteiger partial charge in [0.15, 0.2) is 0 Å². The number of hydrogen-bond acceptors (Lipinski definition) is 2. The number of unbranched alkanes of at least 4 members (excludes halogenated alkanes) is 15. The van der Waals surface area contributed by atoms with Crippen molar-refractivity contribution in [3.8, 4) is 0 Å². The van der Waals surface area contributed by atoms with Crippen LogP contribution in [-0.2, 0) is 6.54 Å². The predicted molar refractivity (Wildman–Crippen MR) is 146 cm³/mol. The average Bonchev–Trinajstić information content (AvgIpc) is 3.21. The highest BCUT2D eigenvalue weighted by molar-refractivity contribution is 5.15. The maximum absolute atomic E-state index is 2.64. The summed E-state index contributed by atoms with van der Waals surface area (Å²) in [6, 6.07) is 11.0. The molecule has 0 radical (unpaired) electrons. The van der Waals surface area contributed by atoms with Crippen LogP contribution in [0.5, 0.6) is 0 Å². The van der Waals surface area contributed by atoms with Gasteiger partial charge in [0.25, 0.3) is 0 Å². The summed E-state index contributed by atoms with van der Waals surface area (Å²) in [6.45, 7) is 6.86. The van der Waals surface area contributed by atoms with E-state index in [2.05, 4.69) is 66.4 Å². The quantitative estimate of drug-likeness (QED) is 0.171. The molecule has 0 aromatic heterocycles. The van der Waals surface area contributed by atoms with Crippen LogP contribution in [0.2, 0.25) is 0 Å². The van der Waals surface area contributed by atoms with Gasteiger partial charge < -0.3 is 9.80 Å². The minimum Gasteiger partial charge on any atom is -0.356 e. The fraction of sp³-hybridized carbons (Fsp3) is 0.742. The third kappa shape index (κ3) is 12.6. The fourth-order valence-corrected chi connectivity index (χ4v) is 5.13. The third-order valence-electron chi connectivity index (χ3n) is 7.26. The highest BCUT2D eigenvalue weighted by Crippen LogP contribution is 2.25. The average molecular weight is 455 g/mol. The molecule has 1 aromatic rings. The molecule has 1 atom stereocenters. The van der Waals surface area contributed by atoms with E-state index >= 15 is 0 Å². The predicted octanol–water partition coefficient (Wildman–Crippen LogP) is 9.66. The first-order chi connectivity index (χ1) is 16.3. The Hall–Kier alpha value is -1.44. The first-order valence-electron chi connectivity index (χ1n) is 14.6. The van der Waals surface area contributed by atoms with Gasteiger partial charge in [-0.05, 0) is 24.8 Å². The molecule has 1 unspecified atom stereocenters. The van der Waals surface area contributed by atoms with Crippen LogP contribution in [0.4, 0.5) is 0 Å². The first-order valence-corrected chi connectivity index (χ1v) is 14.6. The van der Waals surface area contributed by atoms with Gasteiger partial charge in [-0.2, -0.15) is 0 Å². The molecule has 33 heavy (non-hydrogen) atoms. The number of benzene rings is 1. The van der Waals surface area contributed by atoms with Crippen molar-refractivity contribution in [2.75, 3.05) is 6.54 Å². The molecule has 0 fully saturated rings.